The number of nitriles is 1. The molecule has 0 aliphatic heterocycles. The van der Waals surface area contributed by atoms with Gasteiger partial charge < -0.3 is 5.32 Å². The molecule has 96 valence electrons. The summed E-state index contributed by atoms with van der Waals surface area (Å²) in [6.45, 7) is 2.25. The number of nitrogens with one attached hydrogen (secondary N) is 2. The molecule has 0 saturated carbocycles. The van der Waals surface area contributed by atoms with Crippen molar-refractivity contribution in [2.24, 2.45) is 0 Å². The minimum absolute atomic E-state index is 0.0619. The van der Waals surface area contributed by atoms with E-state index < -0.39 is 16.1 Å². The molecule has 2 N–H and O–H groups in total. The van der Waals surface area contributed by atoms with Gasteiger partial charge in [-0.2, -0.15) is 5.26 Å². The van der Waals surface area contributed by atoms with Crippen molar-refractivity contribution in [1.29, 1.82) is 5.26 Å². The third kappa shape index (κ3) is 3.75. The number of rotatable bonds is 4. The molecule has 0 bridgehead atoms. The van der Waals surface area contributed by atoms with Crippen molar-refractivity contribution in [2.75, 3.05) is 6.54 Å². The fourth-order valence-electron chi connectivity index (χ4n) is 1.16. The van der Waals surface area contributed by atoms with E-state index in [0.717, 1.165) is 0 Å². The lowest BCUT2D eigenvalue weighted by molar-refractivity contribution is 0.246. The highest BCUT2D eigenvalue weighted by Gasteiger charge is 2.16. The van der Waals surface area contributed by atoms with E-state index in [0.29, 0.717) is 18.5 Å². The smallest absolute Gasteiger partial charge is 0.328 e. The van der Waals surface area contributed by atoms with Gasteiger partial charge >= 0.3 is 6.03 Å². The van der Waals surface area contributed by atoms with Crippen molar-refractivity contribution < 1.29 is 13.2 Å². The molecule has 0 heterocycles. The van der Waals surface area contributed by atoms with Crippen molar-refractivity contribution in [3.63, 3.8) is 0 Å². The third-order valence-corrected chi connectivity index (χ3v) is 3.40. The molecule has 6 nitrogen and oxygen atoms in total. The SMILES string of the molecule is CCCNC(=O)NS(=O)(=O)c1ccc(C#N)cc1. The number of urea groups is 1. The Balaban J connectivity index is 2.80. The van der Waals surface area contributed by atoms with Crippen LogP contribution in [0.1, 0.15) is 18.9 Å². The number of carbonyl (C=O) groups excluding carboxylic acids is 1. The first kappa shape index (κ1) is 14.0. The predicted octanol–water partition coefficient (Wildman–Crippen LogP) is 0.956. The summed E-state index contributed by atoms with van der Waals surface area (Å²) in [5.74, 6) is 0. The van der Waals surface area contributed by atoms with Gasteiger partial charge in [-0.05, 0) is 30.7 Å². The summed E-state index contributed by atoms with van der Waals surface area (Å²) in [5.41, 5.74) is 0.351. The van der Waals surface area contributed by atoms with Crippen LogP contribution in [-0.2, 0) is 10.0 Å². The average Bonchev–Trinajstić information content (AvgIpc) is 2.36. The summed E-state index contributed by atoms with van der Waals surface area (Å²) < 4.78 is 25.4. The Hall–Kier alpha value is -2.07. The van der Waals surface area contributed by atoms with Crippen molar-refractivity contribution in [3.05, 3.63) is 29.8 Å². The van der Waals surface area contributed by atoms with Gasteiger partial charge in [0, 0.05) is 6.54 Å². The van der Waals surface area contributed by atoms with Gasteiger partial charge in [0.15, 0.2) is 0 Å². The number of hydrogen-bond donors (Lipinski definition) is 2. The van der Waals surface area contributed by atoms with E-state index in [2.05, 4.69) is 5.32 Å². The van der Waals surface area contributed by atoms with Crippen LogP contribution in [0.5, 0.6) is 0 Å². The summed E-state index contributed by atoms with van der Waals surface area (Å²) in [5, 5.41) is 11.0. The lowest BCUT2D eigenvalue weighted by Crippen LogP contribution is -2.39. The molecule has 7 heteroatoms. The predicted molar refractivity (Wildman–Crippen MR) is 65.2 cm³/mol. The lowest BCUT2D eigenvalue weighted by atomic mass is 10.2. The summed E-state index contributed by atoms with van der Waals surface area (Å²) >= 11 is 0. The van der Waals surface area contributed by atoms with Crippen LogP contribution in [-0.4, -0.2) is 21.0 Å². The lowest BCUT2D eigenvalue weighted by Gasteiger charge is -2.07. The molecule has 0 radical (unpaired) electrons. The Morgan fingerprint density at radius 1 is 1.33 bits per heavy atom. The van der Waals surface area contributed by atoms with Crippen molar-refractivity contribution in [2.45, 2.75) is 18.2 Å². The molecule has 0 atom stereocenters. The van der Waals surface area contributed by atoms with E-state index in [9.17, 15) is 13.2 Å². The Labute approximate surface area is 106 Å². The zero-order valence-corrected chi connectivity index (χ0v) is 10.6. The monoisotopic (exact) mass is 267 g/mol. The van der Waals surface area contributed by atoms with Gasteiger partial charge in [0.2, 0.25) is 0 Å². The number of hydrogen-bond acceptors (Lipinski definition) is 4. The quantitative estimate of drug-likeness (QED) is 0.848. The Kier molecular flexibility index (Phi) is 4.68. The minimum atomic E-state index is -3.89. The molecule has 2 amide bonds. The standard InChI is InChI=1S/C11H13N3O3S/c1-2-7-13-11(15)14-18(16,17)10-5-3-9(8-12)4-6-10/h3-6H,2,7H2,1H3,(H2,13,14,15). The van der Waals surface area contributed by atoms with E-state index in [-0.39, 0.29) is 4.90 Å². The first-order valence-corrected chi connectivity index (χ1v) is 6.78. The molecule has 0 aliphatic rings. The molecule has 1 aromatic carbocycles. The number of carbonyl (C=O) groups is 1. The van der Waals surface area contributed by atoms with Crippen LogP contribution >= 0.6 is 0 Å². The van der Waals surface area contributed by atoms with Crippen LogP contribution in [0, 0.1) is 11.3 Å². The molecule has 0 aliphatic carbocycles. The van der Waals surface area contributed by atoms with Crippen LogP contribution < -0.4 is 10.0 Å². The first-order chi connectivity index (χ1) is 8.49. The fourth-order valence-corrected chi connectivity index (χ4v) is 2.09. The zero-order chi connectivity index (χ0) is 13.6. The van der Waals surface area contributed by atoms with Gasteiger partial charge in [-0.15, -0.1) is 0 Å². The number of sulfonamides is 1. The molecule has 18 heavy (non-hydrogen) atoms. The molecule has 0 aromatic heterocycles. The second-order valence-electron chi connectivity index (χ2n) is 3.50. The Morgan fingerprint density at radius 2 is 1.94 bits per heavy atom. The van der Waals surface area contributed by atoms with Crippen LogP contribution in [0.3, 0.4) is 0 Å². The highest BCUT2D eigenvalue weighted by molar-refractivity contribution is 7.90. The molecule has 0 saturated heterocycles. The maximum atomic E-state index is 11.8. The van der Waals surface area contributed by atoms with Gasteiger partial charge in [-0.1, -0.05) is 6.92 Å². The van der Waals surface area contributed by atoms with Gasteiger partial charge in [0.1, 0.15) is 0 Å². The van der Waals surface area contributed by atoms with Crippen molar-refractivity contribution in [3.8, 4) is 6.07 Å². The van der Waals surface area contributed by atoms with E-state index in [1.165, 1.54) is 24.3 Å². The maximum Gasteiger partial charge on any atom is 0.328 e. The van der Waals surface area contributed by atoms with Crippen molar-refractivity contribution in [1.82, 2.24) is 10.0 Å². The highest BCUT2D eigenvalue weighted by Crippen LogP contribution is 2.09. The Bertz CT molecular complexity index is 558. The summed E-state index contributed by atoms with van der Waals surface area (Å²) in [4.78, 5) is 11.2. The van der Waals surface area contributed by atoms with Gasteiger partial charge in [0.25, 0.3) is 10.0 Å². The van der Waals surface area contributed by atoms with Gasteiger partial charge in [0.05, 0.1) is 16.5 Å². The zero-order valence-electron chi connectivity index (χ0n) is 9.80. The normalized spacial score (nSPS) is 10.4. The topological polar surface area (TPSA) is 99.1 Å². The summed E-state index contributed by atoms with van der Waals surface area (Å²) in [6, 6.07) is 6.41. The molecule has 0 unspecified atom stereocenters. The van der Waals surface area contributed by atoms with E-state index in [1.54, 1.807) is 0 Å². The molecular formula is C11H13N3O3S. The number of amides is 2. The van der Waals surface area contributed by atoms with Crippen LogP contribution in [0.4, 0.5) is 4.79 Å². The summed E-state index contributed by atoms with van der Waals surface area (Å²) in [6.07, 6.45) is 0.713. The minimum Gasteiger partial charge on any atom is -0.337 e. The van der Waals surface area contributed by atoms with E-state index >= 15 is 0 Å². The van der Waals surface area contributed by atoms with E-state index in [4.69, 9.17) is 5.26 Å². The molecule has 1 rings (SSSR count). The largest absolute Gasteiger partial charge is 0.337 e. The maximum absolute atomic E-state index is 11.8. The third-order valence-electron chi connectivity index (χ3n) is 2.06. The molecule has 0 spiro atoms. The first-order valence-electron chi connectivity index (χ1n) is 5.30. The van der Waals surface area contributed by atoms with Gasteiger partial charge in [-0.3, -0.25) is 0 Å². The fraction of sp³-hybridized carbons (Fsp3) is 0.273. The number of nitrogens with zero attached hydrogens (tertiary/aromatic N) is 1. The molecule has 1 aromatic rings. The second kappa shape index (κ2) is 6.02. The van der Waals surface area contributed by atoms with Crippen LogP contribution in [0.25, 0.3) is 0 Å². The second-order valence-corrected chi connectivity index (χ2v) is 5.18. The van der Waals surface area contributed by atoms with Crippen LogP contribution in [0.15, 0.2) is 29.2 Å². The van der Waals surface area contributed by atoms with Crippen LogP contribution in [0.2, 0.25) is 0 Å². The number of benzene rings is 1. The molecule has 0 fully saturated rings. The van der Waals surface area contributed by atoms with Crippen molar-refractivity contribution >= 4 is 16.1 Å². The van der Waals surface area contributed by atoms with E-state index in [1.807, 2.05) is 17.7 Å². The summed E-state index contributed by atoms with van der Waals surface area (Å²) in [7, 11) is -3.89. The average molecular weight is 267 g/mol. The van der Waals surface area contributed by atoms with Gasteiger partial charge in [-0.25, -0.2) is 17.9 Å². The Morgan fingerprint density at radius 3 is 2.44 bits per heavy atom. The molecular weight excluding hydrogens is 254 g/mol. The highest BCUT2D eigenvalue weighted by atomic mass is 32.2.